The Balaban J connectivity index is 2.08. The van der Waals surface area contributed by atoms with Gasteiger partial charge in [0.25, 0.3) is 0 Å². The number of nitrogens with two attached hydrogens (primary N) is 1. The summed E-state index contributed by atoms with van der Waals surface area (Å²) in [5.74, 6) is 0.566. The number of hydrogen-bond acceptors (Lipinski definition) is 3. The highest BCUT2D eigenvalue weighted by atomic mass is 32.2. The lowest BCUT2D eigenvalue weighted by Crippen LogP contribution is -1.90. The minimum Gasteiger partial charge on any atom is -0.384 e. The Labute approximate surface area is 99.9 Å². The monoisotopic (exact) mass is 230 g/mol. The molecule has 0 fully saturated rings. The van der Waals surface area contributed by atoms with Crippen LogP contribution < -0.4 is 5.73 Å². The summed E-state index contributed by atoms with van der Waals surface area (Å²) in [5, 5.41) is 0.423. The second-order valence-electron chi connectivity index (χ2n) is 3.59. The van der Waals surface area contributed by atoms with Crippen LogP contribution in [0.3, 0.4) is 0 Å². The lowest BCUT2D eigenvalue weighted by molar-refractivity contribution is 1.09. The van der Waals surface area contributed by atoms with Crippen molar-refractivity contribution in [2.45, 2.75) is 17.1 Å². The molecule has 0 saturated heterocycles. The molecule has 1 unspecified atom stereocenters. The van der Waals surface area contributed by atoms with Gasteiger partial charge in [-0.05, 0) is 24.6 Å². The van der Waals surface area contributed by atoms with E-state index in [0.717, 1.165) is 4.90 Å². The number of anilines is 1. The summed E-state index contributed by atoms with van der Waals surface area (Å²) in [5.41, 5.74) is 6.87. The van der Waals surface area contributed by atoms with Gasteiger partial charge in [-0.2, -0.15) is 0 Å². The van der Waals surface area contributed by atoms with E-state index in [1.54, 1.807) is 11.8 Å². The van der Waals surface area contributed by atoms with Gasteiger partial charge in [0, 0.05) is 16.3 Å². The van der Waals surface area contributed by atoms with E-state index >= 15 is 0 Å². The predicted molar refractivity (Wildman–Crippen MR) is 69.4 cm³/mol. The molecule has 0 spiro atoms. The van der Waals surface area contributed by atoms with Gasteiger partial charge in [-0.3, -0.25) is 0 Å². The lowest BCUT2D eigenvalue weighted by Gasteiger charge is -2.11. The highest BCUT2D eigenvalue weighted by molar-refractivity contribution is 7.99. The van der Waals surface area contributed by atoms with Gasteiger partial charge in [0.05, 0.1) is 0 Å². The maximum atomic E-state index is 5.55. The third kappa shape index (κ3) is 2.76. The molecule has 2 rings (SSSR count). The number of nitrogens with zero attached hydrogens (tertiary/aromatic N) is 1. The molecule has 2 nitrogen and oxygen atoms in total. The van der Waals surface area contributed by atoms with Crippen LogP contribution in [-0.2, 0) is 0 Å². The van der Waals surface area contributed by atoms with Gasteiger partial charge in [0.2, 0.25) is 0 Å². The Hall–Kier alpha value is -1.48. The summed E-state index contributed by atoms with van der Waals surface area (Å²) in [6.07, 6.45) is 1.82. The van der Waals surface area contributed by atoms with Crippen molar-refractivity contribution in [3.8, 4) is 0 Å². The van der Waals surface area contributed by atoms with Crippen LogP contribution in [0.1, 0.15) is 17.7 Å². The lowest BCUT2D eigenvalue weighted by atomic mass is 10.2. The zero-order valence-corrected chi connectivity index (χ0v) is 9.95. The predicted octanol–water partition coefficient (Wildman–Crippen LogP) is 3.52. The third-order valence-corrected chi connectivity index (χ3v) is 3.48. The second kappa shape index (κ2) is 5.03. The number of pyridine rings is 1. The molecule has 82 valence electrons. The quantitative estimate of drug-likeness (QED) is 0.820. The standard InChI is InChI=1S/C13H14N2S/c1-10(11-5-3-2-4-6-11)16-12-7-8-13(14)15-9-12/h2-10H,1H3,(H2,14,15). The molecule has 0 amide bonds. The first-order valence-corrected chi connectivity index (χ1v) is 6.07. The fraction of sp³-hybridized carbons (Fsp3) is 0.154. The Bertz CT molecular complexity index is 439. The van der Waals surface area contributed by atoms with E-state index in [1.807, 2.05) is 24.4 Å². The highest BCUT2D eigenvalue weighted by Crippen LogP contribution is 2.34. The van der Waals surface area contributed by atoms with Crippen LogP contribution in [0.4, 0.5) is 5.82 Å². The largest absolute Gasteiger partial charge is 0.384 e. The molecule has 16 heavy (non-hydrogen) atoms. The number of thioether (sulfide) groups is 1. The molecule has 0 radical (unpaired) electrons. The highest BCUT2D eigenvalue weighted by Gasteiger charge is 2.06. The Morgan fingerprint density at radius 3 is 2.50 bits per heavy atom. The van der Waals surface area contributed by atoms with Crippen molar-refractivity contribution in [3.63, 3.8) is 0 Å². The molecule has 2 aromatic rings. The number of rotatable bonds is 3. The Kier molecular flexibility index (Phi) is 3.47. The molecule has 0 aliphatic carbocycles. The maximum absolute atomic E-state index is 5.55. The normalized spacial score (nSPS) is 12.3. The maximum Gasteiger partial charge on any atom is 0.123 e. The van der Waals surface area contributed by atoms with E-state index in [-0.39, 0.29) is 0 Å². The summed E-state index contributed by atoms with van der Waals surface area (Å²) in [4.78, 5) is 5.23. The number of benzene rings is 1. The van der Waals surface area contributed by atoms with Crippen LogP contribution >= 0.6 is 11.8 Å². The summed E-state index contributed by atoms with van der Waals surface area (Å²) in [7, 11) is 0. The number of nitrogen functional groups attached to an aromatic ring is 1. The fourth-order valence-electron chi connectivity index (χ4n) is 1.46. The molecule has 1 aromatic carbocycles. The Morgan fingerprint density at radius 2 is 1.88 bits per heavy atom. The molecule has 1 heterocycles. The molecule has 2 N–H and O–H groups in total. The zero-order chi connectivity index (χ0) is 11.4. The van der Waals surface area contributed by atoms with E-state index in [2.05, 4.69) is 36.2 Å². The summed E-state index contributed by atoms with van der Waals surface area (Å²) in [6.45, 7) is 2.19. The molecule has 1 aromatic heterocycles. The fourth-order valence-corrected chi connectivity index (χ4v) is 2.42. The van der Waals surface area contributed by atoms with Crippen molar-refractivity contribution in [1.82, 2.24) is 4.98 Å². The topological polar surface area (TPSA) is 38.9 Å². The first-order chi connectivity index (χ1) is 7.75. The minimum absolute atomic E-state index is 0.423. The van der Waals surface area contributed by atoms with Crippen LogP contribution in [0.15, 0.2) is 53.6 Å². The van der Waals surface area contributed by atoms with E-state index < -0.39 is 0 Å². The van der Waals surface area contributed by atoms with Crippen LogP contribution in [0, 0.1) is 0 Å². The number of hydrogen-bond donors (Lipinski definition) is 1. The van der Waals surface area contributed by atoms with E-state index in [1.165, 1.54) is 5.56 Å². The SMILES string of the molecule is CC(Sc1ccc(N)nc1)c1ccccc1. The van der Waals surface area contributed by atoms with Gasteiger partial charge in [-0.15, -0.1) is 11.8 Å². The van der Waals surface area contributed by atoms with Crippen molar-refractivity contribution < 1.29 is 0 Å². The average Bonchev–Trinajstić information content (AvgIpc) is 2.33. The van der Waals surface area contributed by atoms with Crippen molar-refractivity contribution >= 4 is 17.6 Å². The van der Waals surface area contributed by atoms with E-state index in [9.17, 15) is 0 Å². The third-order valence-electron chi connectivity index (χ3n) is 2.34. The van der Waals surface area contributed by atoms with Crippen LogP contribution in [-0.4, -0.2) is 4.98 Å². The van der Waals surface area contributed by atoms with Gasteiger partial charge in [0.1, 0.15) is 5.82 Å². The first kappa shape index (κ1) is 11.0. The van der Waals surface area contributed by atoms with Crippen molar-refractivity contribution in [2.24, 2.45) is 0 Å². The van der Waals surface area contributed by atoms with Crippen LogP contribution in [0.2, 0.25) is 0 Å². The molecular formula is C13H14N2S. The van der Waals surface area contributed by atoms with Crippen LogP contribution in [0.5, 0.6) is 0 Å². The van der Waals surface area contributed by atoms with Crippen molar-refractivity contribution in [2.75, 3.05) is 5.73 Å². The molecule has 0 bridgehead atoms. The molecule has 1 atom stereocenters. The Morgan fingerprint density at radius 1 is 1.12 bits per heavy atom. The van der Waals surface area contributed by atoms with Gasteiger partial charge >= 0.3 is 0 Å². The second-order valence-corrected chi connectivity index (χ2v) is 5.00. The summed E-state index contributed by atoms with van der Waals surface area (Å²) < 4.78 is 0. The number of aromatic nitrogens is 1. The van der Waals surface area contributed by atoms with E-state index in [0.29, 0.717) is 11.1 Å². The van der Waals surface area contributed by atoms with Gasteiger partial charge in [-0.25, -0.2) is 4.98 Å². The minimum atomic E-state index is 0.423. The molecule has 3 heteroatoms. The molecular weight excluding hydrogens is 216 g/mol. The van der Waals surface area contributed by atoms with Crippen molar-refractivity contribution in [1.29, 1.82) is 0 Å². The average molecular weight is 230 g/mol. The molecule has 0 aliphatic heterocycles. The van der Waals surface area contributed by atoms with Crippen LogP contribution in [0.25, 0.3) is 0 Å². The first-order valence-electron chi connectivity index (χ1n) is 5.19. The van der Waals surface area contributed by atoms with Gasteiger partial charge < -0.3 is 5.73 Å². The van der Waals surface area contributed by atoms with E-state index in [4.69, 9.17) is 5.73 Å². The summed E-state index contributed by atoms with van der Waals surface area (Å²) >= 11 is 1.79. The molecule has 0 saturated carbocycles. The molecule has 0 aliphatic rings. The van der Waals surface area contributed by atoms with Gasteiger partial charge in [-0.1, -0.05) is 30.3 Å². The van der Waals surface area contributed by atoms with Gasteiger partial charge in [0.15, 0.2) is 0 Å². The summed E-state index contributed by atoms with van der Waals surface area (Å²) in [6, 6.07) is 14.3. The van der Waals surface area contributed by atoms with Crippen molar-refractivity contribution in [3.05, 3.63) is 54.2 Å². The zero-order valence-electron chi connectivity index (χ0n) is 9.13. The smallest absolute Gasteiger partial charge is 0.123 e.